The standard InChI is InChI=1S/C27H40N2O3/c1-4-32-11-5-10-28-26(31)24(18(2)3)29-25(30)22-6-8-23(9-7-22)27-15-19-12-20(16-27)14-21(13-19)17-27/h6-9,18-21,24H,4-5,10-17H2,1-3H3,(H,28,31)(H,29,30)/t19?,20?,21?,24-,27?/m0/s1. The van der Waals surface area contributed by atoms with Crippen LogP contribution in [0.2, 0.25) is 0 Å². The zero-order valence-corrected chi connectivity index (χ0v) is 20.0. The lowest BCUT2D eigenvalue weighted by molar-refractivity contribution is -0.124. The largest absolute Gasteiger partial charge is 0.382 e. The maximum absolute atomic E-state index is 12.9. The summed E-state index contributed by atoms with van der Waals surface area (Å²) in [7, 11) is 0. The molecular formula is C27H40N2O3. The van der Waals surface area contributed by atoms with Gasteiger partial charge in [0.05, 0.1) is 0 Å². The van der Waals surface area contributed by atoms with Gasteiger partial charge in [0.15, 0.2) is 0 Å². The third-order valence-electron chi connectivity index (χ3n) is 8.00. The minimum absolute atomic E-state index is 0.0112. The molecule has 1 aromatic carbocycles. The van der Waals surface area contributed by atoms with E-state index in [2.05, 4.69) is 22.8 Å². The second kappa shape index (κ2) is 9.94. The normalized spacial score (nSPS) is 29.2. The molecule has 4 bridgehead atoms. The molecule has 5 heteroatoms. The summed E-state index contributed by atoms with van der Waals surface area (Å²) in [5.41, 5.74) is 2.39. The van der Waals surface area contributed by atoms with Crippen molar-refractivity contribution in [2.24, 2.45) is 23.7 Å². The first-order valence-corrected chi connectivity index (χ1v) is 12.7. The third-order valence-corrected chi connectivity index (χ3v) is 8.00. The molecule has 32 heavy (non-hydrogen) atoms. The molecule has 4 saturated carbocycles. The van der Waals surface area contributed by atoms with Crippen molar-refractivity contribution < 1.29 is 14.3 Å². The molecule has 0 spiro atoms. The summed E-state index contributed by atoms with van der Waals surface area (Å²) in [6.45, 7) is 7.74. The summed E-state index contributed by atoms with van der Waals surface area (Å²) in [5.74, 6) is 2.42. The predicted octanol–water partition coefficient (Wildman–Crippen LogP) is 4.45. The third kappa shape index (κ3) is 5.03. The van der Waals surface area contributed by atoms with E-state index in [1.165, 1.54) is 44.1 Å². The Kier molecular flexibility index (Phi) is 7.24. The van der Waals surface area contributed by atoms with Crippen molar-refractivity contribution in [2.45, 2.75) is 77.2 Å². The highest BCUT2D eigenvalue weighted by molar-refractivity contribution is 5.97. The number of carbonyl (C=O) groups is 2. The van der Waals surface area contributed by atoms with Crippen LogP contribution in [0.25, 0.3) is 0 Å². The minimum Gasteiger partial charge on any atom is -0.382 e. The molecule has 4 aliphatic rings. The van der Waals surface area contributed by atoms with Gasteiger partial charge in [0, 0.05) is 25.3 Å². The predicted molar refractivity (Wildman–Crippen MR) is 127 cm³/mol. The van der Waals surface area contributed by atoms with Crippen LogP contribution in [0.1, 0.15) is 81.6 Å². The molecule has 0 aliphatic heterocycles. The van der Waals surface area contributed by atoms with Gasteiger partial charge in [0.1, 0.15) is 6.04 Å². The lowest BCUT2D eigenvalue weighted by atomic mass is 9.48. The van der Waals surface area contributed by atoms with Gasteiger partial charge in [-0.05, 0) is 98.7 Å². The zero-order valence-electron chi connectivity index (χ0n) is 20.0. The minimum atomic E-state index is -0.544. The monoisotopic (exact) mass is 440 g/mol. The first kappa shape index (κ1) is 23.3. The molecule has 0 radical (unpaired) electrons. The molecule has 4 aliphatic carbocycles. The molecule has 0 heterocycles. The van der Waals surface area contributed by atoms with Crippen molar-refractivity contribution >= 4 is 11.8 Å². The Bertz CT molecular complexity index is 766. The van der Waals surface area contributed by atoms with E-state index >= 15 is 0 Å². The van der Waals surface area contributed by atoms with Crippen LogP contribution in [0.3, 0.4) is 0 Å². The second-order valence-corrected chi connectivity index (χ2v) is 10.8. The summed E-state index contributed by atoms with van der Waals surface area (Å²) >= 11 is 0. The van der Waals surface area contributed by atoms with Crippen LogP contribution in [0, 0.1) is 23.7 Å². The van der Waals surface area contributed by atoms with Gasteiger partial charge in [-0.2, -0.15) is 0 Å². The van der Waals surface area contributed by atoms with E-state index in [1.807, 2.05) is 32.9 Å². The fourth-order valence-corrected chi connectivity index (χ4v) is 6.84. The van der Waals surface area contributed by atoms with Crippen LogP contribution < -0.4 is 10.6 Å². The van der Waals surface area contributed by atoms with Crippen molar-refractivity contribution in [3.05, 3.63) is 35.4 Å². The molecule has 0 saturated heterocycles. The lowest BCUT2D eigenvalue weighted by Crippen LogP contribution is -2.50. The van der Waals surface area contributed by atoms with Crippen molar-refractivity contribution in [3.63, 3.8) is 0 Å². The maximum atomic E-state index is 12.9. The van der Waals surface area contributed by atoms with Crippen LogP contribution in [0.15, 0.2) is 24.3 Å². The lowest BCUT2D eigenvalue weighted by Gasteiger charge is -2.57. The smallest absolute Gasteiger partial charge is 0.251 e. The van der Waals surface area contributed by atoms with Crippen LogP contribution in [-0.4, -0.2) is 37.6 Å². The molecule has 2 N–H and O–H groups in total. The summed E-state index contributed by atoms with van der Waals surface area (Å²) in [6, 6.07) is 7.74. The number of ether oxygens (including phenoxy) is 1. The molecule has 1 atom stereocenters. The Morgan fingerprint density at radius 3 is 2.16 bits per heavy atom. The van der Waals surface area contributed by atoms with Crippen LogP contribution >= 0.6 is 0 Å². The highest BCUT2D eigenvalue weighted by atomic mass is 16.5. The van der Waals surface area contributed by atoms with Crippen LogP contribution in [0.4, 0.5) is 0 Å². The number of benzene rings is 1. The van der Waals surface area contributed by atoms with Gasteiger partial charge in [0.2, 0.25) is 5.91 Å². The quantitative estimate of drug-likeness (QED) is 0.528. The molecule has 5 rings (SSSR count). The fraction of sp³-hybridized carbons (Fsp3) is 0.704. The van der Waals surface area contributed by atoms with Crippen LogP contribution in [-0.2, 0) is 14.9 Å². The topological polar surface area (TPSA) is 67.4 Å². The van der Waals surface area contributed by atoms with E-state index in [9.17, 15) is 9.59 Å². The van der Waals surface area contributed by atoms with Gasteiger partial charge in [-0.15, -0.1) is 0 Å². The Morgan fingerprint density at radius 2 is 1.62 bits per heavy atom. The van der Waals surface area contributed by atoms with Gasteiger partial charge in [-0.3, -0.25) is 9.59 Å². The van der Waals surface area contributed by atoms with E-state index in [1.54, 1.807) is 0 Å². The first-order valence-electron chi connectivity index (χ1n) is 12.7. The Morgan fingerprint density at radius 1 is 1.03 bits per heavy atom. The number of rotatable bonds is 10. The summed E-state index contributed by atoms with van der Waals surface area (Å²) in [5, 5.41) is 5.89. The molecule has 0 unspecified atom stereocenters. The first-order chi connectivity index (χ1) is 15.4. The van der Waals surface area contributed by atoms with Crippen molar-refractivity contribution in [1.29, 1.82) is 0 Å². The molecule has 4 fully saturated rings. The van der Waals surface area contributed by atoms with E-state index in [0.29, 0.717) is 30.7 Å². The zero-order chi connectivity index (χ0) is 22.7. The maximum Gasteiger partial charge on any atom is 0.251 e. The molecule has 5 nitrogen and oxygen atoms in total. The van der Waals surface area contributed by atoms with E-state index in [-0.39, 0.29) is 17.7 Å². The summed E-state index contributed by atoms with van der Waals surface area (Å²) in [4.78, 5) is 25.6. The average Bonchev–Trinajstić information content (AvgIpc) is 2.76. The van der Waals surface area contributed by atoms with Crippen LogP contribution in [0.5, 0.6) is 0 Å². The molecule has 176 valence electrons. The number of amides is 2. The SMILES string of the molecule is CCOCCCNC(=O)[C@@H](NC(=O)c1ccc(C23CC4CC(CC(C4)C2)C3)cc1)C(C)C. The number of carbonyl (C=O) groups excluding carboxylic acids is 2. The molecule has 0 aromatic heterocycles. The highest BCUT2D eigenvalue weighted by Gasteiger charge is 2.51. The van der Waals surface area contributed by atoms with Gasteiger partial charge in [-0.1, -0.05) is 26.0 Å². The Labute approximate surface area is 193 Å². The van der Waals surface area contributed by atoms with Gasteiger partial charge in [0.25, 0.3) is 5.91 Å². The number of hydrogen-bond donors (Lipinski definition) is 2. The molecule has 2 amide bonds. The van der Waals surface area contributed by atoms with E-state index < -0.39 is 6.04 Å². The number of nitrogens with one attached hydrogen (secondary N) is 2. The second-order valence-electron chi connectivity index (χ2n) is 10.8. The van der Waals surface area contributed by atoms with E-state index in [0.717, 1.165) is 24.2 Å². The fourth-order valence-electron chi connectivity index (χ4n) is 6.84. The van der Waals surface area contributed by atoms with E-state index in [4.69, 9.17) is 4.74 Å². The van der Waals surface area contributed by atoms with Gasteiger partial charge < -0.3 is 15.4 Å². The number of hydrogen-bond acceptors (Lipinski definition) is 3. The van der Waals surface area contributed by atoms with Gasteiger partial charge >= 0.3 is 0 Å². The molecule has 1 aromatic rings. The van der Waals surface area contributed by atoms with Crippen molar-refractivity contribution in [2.75, 3.05) is 19.8 Å². The van der Waals surface area contributed by atoms with Gasteiger partial charge in [-0.25, -0.2) is 0 Å². The molecular weight excluding hydrogens is 400 g/mol. The summed E-state index contributed by atoms with van der Waals surface area (Å²) in [6.07, 6.45) is 9.04. The summed E-state index contributed by atoms with van der Waals surface area (Å²) < 4.78 is 5.31. The average molecular weight is 441 g/mol. The van der Waals surface area contributed by atoms with Crippen molar-refractivity contribution in [1.82, 2.24) is 10.6 Å². The van der Waals surface area contributed by atoms with Crippen molar-refractivity contribution in [3.8, 4) is 0 Å². The Balaban J connectivity index is 1.36. The highest BCUT2D eigenvalue weighted by Crippen LogP contribution is 2.60. The Hall–Kier alpha value is -1.88.